The number of amidine groups is 1. The van der Waals surface area contributed by atoms with Crippen LogP contribution in [0.5, 0.6) is 5.75 Å². The molecule has 3 aromatic rings. The van der Waals surface area contributed by atoms with Gasteiger partial charge in [0.25, 0.3) is 0 Å². The highest BCUT2D eigenvalue weighted by molar-refractivity contribution is 5.95. The van der Waals surface area contributed by atoms with E-state index in [4.69, 9.17) is 11.1 Å². The molecule has 1 unspecified atom stereocenters. The van der Waals surface area contributed by atoms with Gasteiger partial charge in [0.2, 0.25) is 0 Å². The summed E-state index contributed by atoms with van der Waals surface area (Å²) in [6, 6.07) is 20.1. The van der Waals surface area contributed by atoms with Crippen molar-refractivity contribution in [2.75, 3.05) is 44.2 Å². The van der Waals surface area contributed by atoms with Crippen LogP contribution in [-0.2, 0) is 9.59 Å². The van der Waals surface area contributed by atoms with E-state index in [1.54, 1.807) is 24.3 Å². The van der Waals surface area contributed by atoms with Crippen LogP contribution in [0.4, 0.5) is 18.9 Å². The summed E-state index contributed by atoms with van der Waals surface area (Å²) in [6.07, 6.45) is -3.33. The zero-order valence-corrected chi connectivity index (χ0v) is 24.0. The molecule has 3 aromatic carbocycles. The van der Waals surface area contributed by atoms with Crippen LogP contribution in [0.2, 0.25) is 0 Å². The first-order valence-corrected chi connectivity index (χ1v) is 14.4. The fourth-order valence-corrected chi connectivity index (χ4v) is 5.95. The SMILES string of the molecule is N=C(N)c1ccc(N2CCN(C3CCN(C(C(=O)O)c4ccc(-c5ccc(OC(=O)C(F)(F)F)cc5)cc4)CC3)CC2)cc1. The summed E-state index contributed by atoms with van der Waals surface area (Å²) in [5, 5.41) is 17.7. The second kappa shape index (κ2) is 13.1. The number of likely N-dealkylation sites (tertiary alicyclic amines) is 1. The minimum absolute atomic E-state index is 0.0557. The highest BCUT2D eigenvalue weighted by Crippen LogP contribution is 2.30. The number of esters is 1. The number of hydrogen-bond acceptors (Lipinski definition) is 7. The Kier molecular flexibility index (Phi) is 9.21. The number of carboxylic acids is 1. The average molecular weight is 610 g/mol. The van der Waals surface area contributed by atoms with Crippen molar-refractivity contribution in [3.63, 3.8) is 0 Å². The number of halogens is 3. The van der Waals surface area contributed by atoms with Crippen molar-refractivity contribution < 1.29 is 32.6 Å². The van der Waals surface area contributed by atoms with E-state index in [0.717, 1.165) is 50.3 Å². The normalized spacial score (nSPS) is 17.7. The molecule has 2 saturated heterocycles. The predicted molar refractivity (Wildman–Crippen MR) is 160 cm³/mol. The zero-order valence-electron chi connectivity index (χ0n) is 24.0. The van der Waals surface area contributed by atoms with E-state index >= 15 is 0 Å². The molecule has 5 rings (SSSR count). The molecular weight excluding hydrogens is 575 g/mol. The standard InChI is InChI=1S/C32H34F3N5O4/c33-32(34,35)31(43)44-27-11-7-22(8-12-27)21-1-3-23(4-2-21)28(30(41)42)40-15-13-26(14-16-40)39-19-17-38(18-20-39)25-9-5-24(6-10-25)29(36)37/h1-12,26,28H,13-20H2,(H3,36,37)(H,41,42). The molecule has 1 atom stereocenters. The number of nitrogens with zero attached hydrogens (tertiary/aromatic N) is 3. The van der Waals surface area contributed by atoms with Gasteiger partial charge in [0, 0.05) is 56.6 Å². The number of carboxylic acid groups (broad SMARTS) is 1. The molecular formula is C32H34F3N5O4. The molecule has 9 nitrogen and oxygen atoms in total. The van der Waals surface area contributed by atoms with Gasteiger partial charge in [-0.2, -0.15) is 13.2 Å². The summed E-state index contributed by atoms with van der Waals surface area (Å²) in [6.45, 7) is 4.96. The van der Waals surface area contributed by atoms with E-state index in [9.17, 15) is 27.9 Å². The van der Waals surface area contributed by atoms with Gasteiger partial charge in [0.1, 0.15) is 17.6 Å². The molecule has 2 aliphatic rings. The number of rotatable bonds is 8. The minimum atomic E-state index is -5.08. The highest BCUT2D eigenvalue weighted by atomic mass is 19.4. The molecule has 12 heteroatoms. The lowest BCUT2D eigenvalue weighted by molar-refractivity contribution is -0.189. The molecule has 2 fully saturated rings. The van der Waals surface area contributed by atoms with Crippen LogP contribution in [-0.4, -0.2) is 84.2 Å². The van der Waals surface area contributed by atoms with E-state index in [2.05, 4.69) is 14.5 Å². The van der Waals surface area contributed by atoms with Crippen molar-refractivity contribution in [2.24, 2.45) is 5.73 Å². The molecule has 4 N–H and O–H groups in total. The van der Waals surface area contributed by atoms with Crippen LogP contribution < -0.4 is 15.4 Å². The largest absolute Gasteiger partial charge is 0.491 e. The number of carbonyl (C=O) groups is 2. The quantitative estimate of drug-likeness (QED) is 0.148. The van der Waals surface area contributed by atoms with Crippen LogP contribution >= 0.6 is 0 Å². The Balaban J connectivity index is 1.15. The van der Waals surface area contributed by atoms with Crippen LogP contribution in [0.25, 0.3) is 11.1 Å². The lowest BCUT2D eigenvalue weighted by Gasteiger charge is -2.44. The second-order valence-electron chi connectivity index (χ2n) is 11.0. The van der Waals surface area contributed by atoms with Crippen molar-refractivity contribution >= 4 is 23.5 Å². The van der Waals surface area contributed by atoms with Crippen molar-refractivity contribution in [1.82, 2.24) is 9.80 Å². The smallest absolute Gasteiger partial charge is 0.480 e. The molecule has 0 saturated carbocycles. The lowest BCUT2D eigenvalue weighted by atomic mass is 9.96. The van der Waals surface area contributed by atoms with Gasteiger partial charge in [-0.25, -0.2) is 4.79 Å². The predicted octanol–water partition coefficient (Wildman–Crippen LogP) is 4.52. The third-order valence-corrected chi connectivity index (χ3v) is 8.33. The summed E-state index contributed by atoms with van der Waals surface area (Å²) in [4.78, 5) is 30.2. The number of anilines is 1. The van der Waals surface area contributed by atoms with E-state index in [1.807, 2.05) is 29.2 Å². The molecule has 0 bridgehead atoms. The van der Waals surface area contributed by atoms with Crippen molar-refractivity contribution in [1.29, 1.82) is 5.41 Å². The third-order valence-electron chi connectivity index (χ3n) is 8.33. The number of alkyl halides is 3. The average Bonchev–Trinajstić information content (AvgIpc) is 3.02. The third kappa shape index (κ3) is 7.20. The van der Waals surface area contributed by atoms with Crippen molar-refractivity contribution in [3.8, 4) is 16.9 Å². The fourth-order valence-electron chi connectivity index (χ4n) is 5.95. The first-order chi connectivity index (χ1) is 21.0. The second-order valence-corrected chi connectivity index (χ2v) is 11.0. The summed E-state index contributed by atoms with van der Waals surface area (Å²) >= 11 is 0. The number of nitrogens with one attached hydrogen (secondary N) is 1. The molecule has 0 aliphatic carbocycles. The Labute approximate surface area is 253 Å². The molecule has 0 aromatic heterocycles. The molecule has 2 aliphatic heterocycles. The number of aliphatic carboxylic acids is 1. The number of ether oxygens (including phenoxy) is 1. The number of benzene rings is 3. The van der Waals surface area contributed by atoms with Crippen LogP contribution in [0.15, 0.2) is 72.8 Å². The minimum Gasteiger partial charge on any atom is -0.480 e. The Morgan fingerprint density at radius 3 is 1.89 bits per heavy atom. The Morgan fingerprint density at radius 1 is 0.841 bits per heavy atom. The van der Waals surface area contributed by atoms with Gasteiger partial charge in [-0.05, 0) is 65.9 Å². The van der Waals surface area contributed by atoms with Gasteiger partial charge < -0.3 is 20.5 Å². The molecule has 44 heavy (non-hydrogen) atoms. The molecule has 0 radical (unpaired) electrons. The van der Waals surface area contributed by atoms with Gasteiger partial charge in [0.15, 0.2) is 0 Å². The van der Waals surface area contributed by atoms with E-state index < -0.39 is 24.2 Å². The van der Waals surface area contributed by atoms with Gasteiger partial charge >= 0.3 is 18.1 Å². The summed E-state index contributed by atoms with van der Waals surface area (Å²) in [5.41, 5.74) is 9.47. The molecule has 2 heterocycles. The number of carbonyl (C=O) groups excluding carboxylic acids is 1. The molecule has 0 spiro atoms. The van der Waals surface area contributed by atoms with Crippen LogP contribution in [0, 0.1) is 5.41 Å². The monoisotopic (exact) mass is 609 g/mol. The Morgan fingerprint density at radius 2 is 1.39 bits per heavy atom. The number of hydrogen-bond donors (Lipinski definition) is 3. The number of nitrogen functional groups attached to an aromatic ring is 1. The summed E-state index contributed by atoms with van der Waals surface area (Å²) in [5.74, 6) is -3.36. The topological polar surface area (TPSA) is 123 Å². The number of nitrogens with two attached hydrogens (primary N) is 1. The van der Waals surface area contributed by atoms with Crippen molar-refractivity contribution in [2.45, 2.75) is 31.1 Å². The van der Waals surface area contributed by atoms with Gasteiger partial charge in [-0.1, -0.05) is 36.4 Å². The van der Waals surface area contributed by atoms with Crippen molar-refractivity contribution in [3.05, 3.63) is 83.9 Å². The molecule has 232 valence electrons. The summed E-state index contributed by atoms with van der Waals surface area (Å²) in [7, 11) is 0. The van der Waals surface area contributed by atoms with E-state index in [0.29, 0.717) is 35.8 Å². The maximum absolute atomic E-state index is 12.4. The Bertz CT molecular complexity index is 1460. The molecule has 0 amide bonds. The lowest BCUT2D eigenvalue weighted by Crippen LogP contribution is -2.54. The van der Waals surface area contributed by atoms with E-state index in [1.165, 1.54) is 24.3 Å². The summed E-state index contributed by atoms with van der Waals surface area (Å²) < 4.78 is 41.7. The number of piperazine rings is 1. The zero-order chi connectivity index (χ0) is 31.4. The Hall–Kier alpha value is -4.42. The first kappa shape index (κ1) is 31.0. The van der Waals surface area contributed by atoms with E-state index in [-0.39, 0.29) is 11.6 Å². The van der Waals surface area contributed by atoms with Gasteiger partial charge in [-0.3, -0.25) is 20.0 Å². The fraction of sp³-hybridized carbons (Fsp3) is 0.344. The maximum Gasteiger partial charge on any atom is 0.491 e. The van der Waals surface area contributed by atoms with Crippen LogP contribution in [0.3, 0.4) is 0 Å². The number of piperidine rings is 1. The highest BCUT2D eigenvalue weighted by Gasteiger charge is 2.41. The van der Waals surface area contributed by atoms with Crippen LogP contribution in [0.1, 0.15) is 30.0 Å². The first-order valence-electron chi connectivity index (χ1n) is 14.4. The van der Waals surface area contributed by atoms with Gasteiger partial charge in [-0.15, -0.1) is 0 Å². The van der Waals surface area contributed by atoms with Gasteiger partial charge in [0.05, 0.1) is 0 Å². The maximum atomic E-state index is 12.4.